The van der Waals surface area contributed by atoms with E-state index in [9.17, 15) is 52.3 Å². The molecule has 4 aromatic rings. The van der Waals surface area contributed by atoms with Crippen molar-refractivity contribution in [3.8, 4) is 23.0 Å². The van der Waals surface area contributed by atoms with Gasteiger partial charge < -0.3 is 34.1 Å². The highest BCUT2D eigenvalue weighted by atomic mass is 32.2. The number of aromatic nitrogens is 4. The molecule has 4 aliphatic heterocycles. The Bertz CT molecular complexity index is 2640. The maximum atomic E-state index is 12.6. The van der Waals surface area contributed by atoms with E-state index in [0.29, 0.717) is 45.1 Å². The lowest BCUT2D eigenvalue weighted by Crippen LogP contribution is -2.40. The largest absolute Gasteiger partial charge is 0.523 e. The number of nitrogens with one attached hydrogen (secondary N) is 1. The molecule has 1 N–H and O–H groups in total. The molecule has 4 aliphatic rings. The zero-order valence-corrected chi connectivity index (χ0v) is 48.8. The van der Waals surface area contributed by atoms with Gasteiger partial charge in [-0.15, -0.1) is 0 Å². The molecule has 0 aliphatic carbocycles. The van der Waals surface area contributed by atoms with Crippen LogP contribution < -0.4 is 24.3 Å². The summed E-state index contributed by atoms with van der Waals surface area (Å²) >= 11 is 0. The summed E-state index contributed by atoms with van der Waals surface area (Å²) in [5.41, 5.74) is -1.49. The molecule has 2 aromatic carbocycles. The second kappa shape index (κ2) is 35.5. The van der Waals surface area contributed by atoms with Gasteiger partial charge in [0.15, 0.2) is 29.6 Å². The van der Waals surface area contributed by atoms with Crippen LogP contribution >= 0.6 is 0 Å². The van der Waals surface area contributed by atoms with E-state index in [2.05, 4.69) is 47.5 Å². The van der Waals surface area contributed by atoms with E-state index in [1.165, 1.54) is 76.0 Å². The summed E-state index contributed by atoms with van der Waals surface area (Å²) in [5.74, 6) is 5.95. The minimum Gasteiger partial charge on any atom is -0.493 e. The van der Waals surface area contributed by atoms with E-state index < -0.39 is 48.3 Å². The minimum atomic E-state index is -6.15. The van der Waals surface area contributed by atoms with E-state index in [0.717, 1.165) is 134 Å². The Morgan fingerprint density at radius 3 is 1.45 bits per heavy atom. The predicted octanol–water partition coefficient (Wildman–Crippen LogP) is 11.0. The number of hydrogen-bond acceptors (Lipinski definition) is 15. The fourth-order valence-corrected chi connectivity index (χ4v) is 10.7. The summed E-state index contributed by atoms with van der Waals surface area (Å²) in [5, 5.41) is 3.44. The topological polar surface area (TPSA) is 154 Å². The van der Waals surface area contributed by atoms with Gasteiger partial charge in [0.1, 0.15) is 11.6 Å². The van der Waals surface area contributed by atoms with Gasteiger partial charge in [-0.1, -0.05) is 12.1 Å². The Hall–Kier alpha value is -5.15. The first kappa shape index (κ1) is 68.0. The van der Waals surface area contributed by atoms with E-state index >= 15 is 0 Å². The molecule has 4 saturated heterocycles. The zero-order valence-electron chi connectivity index (χ0n) is 49.0. The van der Waals surface area contributed by atoms with Gasteiger partial charge >= 0.3 is 28.0 Å². The van der Waals surface area contributed by atoms with Gasteiger partial charge in [0.2, 0.25) is 0 Å². The van der Waals surface area contributed by atoms with Gasteiger partial charge in [0, 0.05) is 49.7 Å². The molecule has 15 nitrogen and oxygen atoms in total. The van der Waals surface area contributed by atoms with Crippen molar-refractivity contribution in [2.24, 2.45) is 11.8 Å². The van der Waals surface area contributed by atoms with Gasteiger partial charge in [-0.3, -0.25) is 13.5 Å². The molecule has 0 bridgehead atoms. The normalized spacial score (nSPS) is 17.0. The van der Waals surface area contributed by atoms with Crippen molar-refractivity contribution < 1.29 is 76.8 Å². The molecule has 6 heterocycles. The molecule has 0 spiro atoms. The molecule has 0 amide bonds. The summed E-state index contributed by atoms with van der Waals surface area (Å²) < 4.78 is 167. The quantitative estimate of drug-likeness (QED) is 0.0289. The van der Waals surface area contributed by atoms with Crippen molar-refractivity contribution in [2.45, 2.75) is 121 Å². The smallest absolute Gasteiger partial charge is 0.493 e. The van der Waals surface area contributed by atoms with Crippen molar-refractivity contribution in [1.82, 2.24) is 40.0 Å². The number of methoxy groups -OCH3 is 2. The van der Waals surface area contributed by atoms with Gasteiger partial charge in [-0.2, -0.15) is 47.9 Å². The summed E-state index contributed by atoms with van der Waals surface area (Å²) in [7, 11) is -3.80. The number of halogens is 10. The van der Waals surface area contributed by atoms with Gasteiger partial charge in [-0.05, 0) is 202 Å². The van der Waals surface area contributed by atoms with Crippen molar-refractivity contribution in [3.05, 3.63) is 95.1 Å². The first-order valence-electron chi connectivity index (χ1n) is 29.3. The van der Waals surface area contributed by atoms with Crippen LogP contribution in [0.25, 0.3) is 0 Å². The SMILES string of the molecule is COc1ccc(Cc2nccc(CCC3CCN(CC(F)(F)F)CC3)n2)cc1OCCCN1CCCC1.COc1ccc(Cc2nccc(CCC3CCNCC3)n2)cc1OCCCN1CCCC1.O=S(=O)(OCC(F)(F)F)C(F)(F)F.[2H]CF. The predicted molar refractivity (Wildman–Crippen MR) is 299 cm³/mol. The van der Waals surface area contributed by atoms with E-state index in [4.69, 9.17) is 30.3 Å². The van der Waals surface area contributed by atoms with Gasteiger partial charge in [0.05, 0.1) is 42.5 Å². The number of hydrogen-bond donors (Lipinski definition) is 1. The van der Waals surface area contributed by atoms with Gasteiger partial charge in [-0.25, -0.2) is 19.9 Å². The van der Waals surface area contributed by atoms with Crippen LogP contribution in [-0.2, 0) is 40.0 Å². The molecule has 8 rings (SSSR count). The lowest BCUT2D eigenvalue weighted by Gasteiger charge is -2.32. The lowest BCUT2D eigenvalue weighted by atomic mass is 9.91. The molecule has 0 radical (unpaired) electrons. The molecule has 4 fully saturated rings. The Balaban J connectivity index is 0.000000250. The number of rotatable bonds is 25. The van der Waals surface area contributed by atoms with Crippen molar-refractivity contribution >= 4 is 10.1 Å². The third-order valence-corrected chi connectivity index (χ3v) is 15.7. The Morgan fingerprint density at radius 1 is 0.607 bits per heavy atom. The highest BCUT2D eigenvalue weighted by molar-refractivity contribution is 7.87. The Labute approximate surface area is 489 Å². The standard InChI is InChI=1S/C28H39F3N4O2.C26H38N4O2.C3H2F6O3S.CH3F/c1-36-25-8-6-23(19-26(25)37-18-4-15-34-13-2-3-14-34)20-27-32-12-9-24(33-27)7-5-22-10-16-35(17-11-22)21-28(29,30)31;1-31-24-8-6-22(19-25(24)32-18-4-17-30-15-2-3-16-30)20-26-28-14-11-23(29-26)7-5-21-9-12-27-13-10-21;4-2(5,6)1-12-13(10,11)3(7,8)9;1-2/h6,8-9,12,19,22H,2-5,7,10-11,13-18,20-21H2,1H3;6,8,11,14,19,21,27H,2-5,7,9-10,12-13,15-18,20H2,1H3;1H2;1H3/i;;;1D. The fraction of sp³-hybridized carbons (Fsp3) is 0.655. The molecule has 0 saturated carbocycles. The van der Waals surface area contributed by atoms with Crippen LogP contribution in [-0.4, -0.2) is 174 Å². The number of piperidine rings is 2. The zero-order chi connectivity index (χ0) is 61.7. The lowest BCUT2D eigenvalue weighted by molar-refractivity contribution is -0.156. The molecular formula is C58H82F10N8O7S. The van der Waals surface area contributed by atoms with E-state index in [-0.39, 0.29) is 0 Å². The summed E-state index contributed by atoms with van der Waals surface area (Å²) in [4.78, 5) is 25.1. The van der Waals surface area contributed by atoms with Crippen LogP contribution in [0.1, 0.15) is 113 Å². The molecule has 0 unspecified atom stereocenters. The van der Waals surface area contributed by atoms with Crippen molar-refractivity contribution in [1.29, 1.82) is 0 Å². The monoisotopic (exact) mass is 1230 g/mol. The van der Waals surface area contributed by atoms with E-state index in [1.807, 2.05) is 36.5 Å². The first-order valence-corrected chi connectivity index (χ1v) is 30.0. The molecular weight excluding hydrogens is 1140 g/mol. The number of likely N-dealkylation sites (tertiary alicyclic amines) is 3. The van der Waals surface area contributed by atoms with Crippen LogP contribution in [0.4, 0.5) is 43.9 Å². The minimum absolute atomic E-state index is 0.440. The van der Waals surface area contributed by atoms with Crippen LogP contribution in [0.5, 0.6) is 23.0 Å². The van der Waals surface area contributed by atoms with Gasteiger partial charge in [0.25, 0.3) is 0 Å². The first-order chi connectivity index (χ1) is 40.5. The highest BCUT2D eigenvalue weighted by Crippen LogP contribution is 2.32. The third-order valence-electron chi connectivity index (χ3n) is 14.7. The van der Waals surface area contributed by atoms with Crippen LogP contribution in [0.15, 0.2) is 60.9 Å². The highest BCUT2D eigenvalue weighted by Gasteiger charge is 2.49. The molecule has 2 aromatic heterocycles. The van der Waals surface area contributed by atoms with Crippen LogP contribution in [0.3, 0.4) is 0 Å². The average Bonchev–Trinajstić information content (AvgIpc) is 4.26. The maximum Gasteiger partial charge on any atom is 0.523 e. The number of alkyl halides is 10. The Morgan fingerprint density at radius 2 is 1.05 bits per heavy atom. The number of ether oxygens (including phenoxy) is 4. The number of aryl methyl sites for hydroxylation is 2. The second-order valence-electron chi connectivity index (χ2n) is 21.1. The fourth-order valence-electron chi connectivity index (χ4n) is 10.3. The summed E-state index contributed by atoms with van der Waals surface area (Å²) in [6, 6.07) is 16.1. The number of benzene rings is 2. The van der Waals surface area contributed by atoms with Crippen LogP contribution in [0.2, 0.25) is 0 Å². The Kier molecular flexibility index (Phi) is 28.7. The van der Waals surface area contributed by atoms with E-state index in [1.54, 1.807) is 20.4 Å². The molecule has 26 heteroatoms. The molecule has 472 valence electrons. The average molecular weight is 1230 g/mol. The maximum absolute atomic E-state index is 12.6. The third kappa shape index (κ3) is 26.2. The second-order valence-corrected chi connectivity index (χ2v) is 22.7. The summed E-state index contributed by atoms with van der Waals surface area (Å²) in [6.07, 6.45) is 11.2. The van der Waals surface area contributed by atoms with Crippen molar-refractivity contribution in [3.63, 3.8) is 0 Å². The molecule has 0 atom stereocenters. The molecule has 84 heavy (non-hydrogen) atoms. The van der Waals surface area contributed by atoms with Crippen molar-refractivity contribution in [2.75, 3.05) is 113 Å². The number of nitrogens with zero attached hydrogens (tertiary/aromatic N) is 7. The summed E-state index contributed by atoms with van der Waals surface area (Å²) in [6.45, 7) is 8.42. The van der Waals surface area contributed by atoms with Crippen LogP contribution in [0, 0.1) is 11.8 Å².